The van der Waals surface area contributed by atoms with E-state index in [1.165, 1.54) is 17.8 Å². The second kappa shape index (κ2) is 8.53. The Morgan fingerprint density at radius 3 is 2.63 bits per heavy atom. The second-order valence-electron chi connectivity index (χ2n) is 3.76. The number of benzene rings is 1. The highest BCUT2D eigenvalue weighted by Gasteiger charge is 2.06. The van der Waals surface area contributed by atoms with Gasteiger partial charge in [0.05, 0.1) is 6.54 Å². The van der Waals surface area contributed by atoms with Crippen LogP contribution in [-0.2, 0) is 9.59 Å². The molecule has 0 aliphatic heterocycles. The molecule has 0 saturated carbocycles. The number of thioether (sulfide) groups is 1. The average Bonchev–Trinajstić information content (AvgIpc) is 2.39. The molecule has 1 aromatic carbocycles. The molecule has 0 aliphatic rings. The number of halogens is 1. The largest absolute Gasteiger partial charge is 0.355 e. The maximum atomic E-state index is 13.3. The average molecular weight is 284 g/mol. The van der Waals surface area contributed by atoms with Gasteiger partial charge in [0, 0.05) is 23.6 Å². The highest BCUT2D eigenvalue weighted by molar-refractivity contribution is 7.99. The van der Waals surface area contributed by atoms with E-state index in [9.17, 15) is 14.0 Å². The maximum absolute atomic E-state index is 13.3. The fraction of sp³-hybridized carbons (Fsp3) is 0.385. The van der Waals surface area contributed by atoms with Crippen molar-refractivity contribution in [1.29, 1.82) is 0 Å². The summed E-state index contributed by atoms with van der Waals surface area (Å²) in [6.07, 6.45) is 0.248. The third-order valence-electron chi connectivity index (χ3n) is 2.24. The van der Waals surface area contributed by atoms with Gasteiger partial charge in [0.25, 0.3) is 0 Å². The molecule has 0 bridgehead atoms. The van der Waals surface area contributed by atoms with Gasteiger partial charge in [0.2, 0.25) is 11.8 Å². The van der Waals surface area contributed by atoms with Gasteiger partial charge in [-0.3, -0.25) is 9.59 Å². The van der Waals surface area contributed by atoms with E-state index in [1.54, 1.807) is 18.2 Å². The first kappa shape index (κ1) is 15.5. The van der Waals surface area contributed by atoms with Crippen LogP contribution in [-0.4, -0.2) is 30.7 Å². The minimum Gasteiger partial charge on any atom is -0.355 e. The van der Waals surface area contributed by atoms with E-state index < -0.39 is 0 Å². The number of nitrogens with one attached hydrogen (secondary N) is 2. The first-order valence-electron chi connectivity index (χ1n) is 6.04. The Kier molecular flexibility index (Phi) is 6.95. The van der Waals surface area contributed by atoms with Gasteiger partial charge in [0.15, 0.2) is 0 Å². The van der Waals surface area contributed by atoms with Gasteiger partial charge in [-0.2, -0.15) is 0 Å². The van der Waals surface area contributed by atoms with Crippen LogP contribution in [0.25, 0.3) is 0 Å². The van der Waals surface area contributed by atoms with Crippen molar-refractivity contribution in [1.82, 2.24) is 10.6 Å². The Morgan fingerprint density at radius 2 is 1.95 bits per heavy atom. The molecule has 0 aliphatic carbocycles. The lowest BCUT2D eigenvalue weighted by Crippen LogP contribution is -2.36. The molecule has 0 radical (unpaired) electrons. The summed E-state index contributed by atoms with van der Waals surface area (Å²) in [7, 11) is 0. The molecule has 4 nitrogen and oxygen atoms in total. The second-order valence-corrected chi connectivity index (χ2v) is 4.90. The third kappa shape index (κ3) is 6.24. The van der Waals surface area contributed by atoms with Crippen molar-refractivity contribution in [2.75, 3.05) is 18.8 Å². The van der Waals surface area contributed by atoms with E-state index in [-0.39, 0.29) is 30.6 Å². The molecule has 0 unspecified atom stereocenters. The smallest absolute Gasteiger partial charge is 0.239 e. The van der Waals surface area contributed by atoms with Crippen molar-refractivity contribution in [3.63, 3.8) is 0 Å². The molecule has 6 heteroatoms. The van der Waals surface area contributed by atoms with Crippen LogP contribution in [0.1, 0.15) is 13.3 Å². The van der Waals surface area contributed by atoms with Crippen molar-refractivity contribution in [2.45, 2.75) is 18.2 Å². The van der Waals surface area contributed by atoms with Gasteiger partial charge in [-0.1, -0.05) is 12.1 Å². The molecule has 1 rings (SSSR count). The quantitative estimate of drug-likeness (QED) is 0.747. The van der Waals surface area contributed by atoms with Gasteiger partial charge < -0.3 is 10.6 Å². The zero-order valence-electron chi connectivity index (χ0n) is 10.7. The molecule has 1 aromatic rings. The monoisotopic (exact) mass is 284 g/mol. The maximum Gasteiger partial charge on any atom is 0.239 e. The zero-order chi connectivity index (χ0) is 14.1. The fourth-order valence-electron chi connectivity index (χ4n) is 1.34. The summed E-state index contributed by atoms with van der Waals surface area (Å²) in [6.45, 7) is 2.33. The van der Waals surface area contributed by atoms with Crippen molar-refractivity contribution in [3.05, 3.63) is 30.1 Å². The summed E-state index contributed by atoms with van der Waals surface area (Å²) in [5, 5.41) is 5.09. The summed E-state index contributed by atoms with van der Waals surface area (Å²) in [4.78, 5) is 23.1. The molecular formula is C13H17FN2O2S. The van der Waals surface area contributed by atoms with Crippen LogP contribution in [0, 0.1) is 5.82 Å². The number of carbonyl (C=O) groups excluding carboxylic acids is 2. The van der Waals surface area contributed by atoms with Crippen LogP contribution in [0.5, 0.6) is 0 Å². The minimum atomic E-state index is -0.282. The lowest BCUT2D eigenvalue weighted by Gasteiger charge is -2.05. The number of rotatable bonds is 7. The highest BCUT2D eigenvalue weighted by Crippen LogP contribution is 2.21. The Labute approximate surface area is 116 Å². The Balaban J connectivity index is 2.21. The number of amides is 2. The van der Waals surface area contributed by atoms with E-state index in [1.807, 2.05) is 6.92 Å². The van der Waals surface area contributed by atoms with Gasteiger partial charge >= 0.3 is 0 Å². The van der Waals surface area contributed by atoms with Gasteiger partial charge in [-0.15, -0.1) is 11.8 Å². The fourth-order valence-corrected chi connectivity index (χ4v) is 2.23. The lowest BCUT2D eigenvalue weighted by atomic mass is 10.3. The minimum absolute atomic E-state index is 0.0168. The molecule has 2 amide bonds. The first-order valence-corrected chi connectivity index (χ1v) is 7.02. The van der Waals surface area contributed by atoms with Crippen molar-refractivity contribution >= 4 is 23.6 Å². The predicted octanol–water partition coefficient (Wildman–Crippen LogP) is 1.56. The van der Waals surface area contributed by atoms with Crippen LogP contribution in [0.3, 0.4) is 0 Å². The topological polar surface area (TPSA) is 58.2 Å². The third-order valence-corrected chi connectivity index (χ3v) is 3.29. The molecule has 104 valence electrons. The van der Waals surface area contributed by atoms with Crippen LogP contribution >= 0.6 is 11.8 Å². The Hall–Kier alpha value is -1.56. The van der Waals surface area contributed by atoms with Gasteiger partial charge in [-0.05, 0) is 19.1 Å². The number of carbonyl (C=O) groups is 2. The molecule has 0 aromatic heterocycles. The summed E-state index contributed by atoms with van der Waals surface area (Å²) < 4.78 is 13.3. The lowest BCUT2D eigenvalue weighted by molar-refractivity contribution is -0.125. The van der Waals surface area contributed by atoms with Gasteiger partial charge in [0.1, 0.15) is 5.82 Å². The molecule has 0 fully saturated rings. The summed E-state index contributed by atoms with van der Waals surface area (Å²) in [5.74, 6) is -0.231. The molecule has 2 N–H and O–H groups in total. The molecule has 0 spiro atoms. The summed E-state index contributed by atoms with van der Waals surface area (Å²) >= 11 is 1.28. The van der Waals surface area contributed by atoms with E-state index in [0.29, 0.717) is 17.2 Å². The first-order chi connectivity index (χ1) is 9.13. The van der Waals surface area contributed by atoms with Crippen LogP contribution in [0.4, 0.5) is 4.39 Å². The predicted molar refractivity (Wildman–Crippen MR) is 73.4 cm³/mol. The summed E-state index contributed by atoms with van der Waals surface area (Å²) in [5.41, 5.74) is 0. The molecule has 0 atom stereocenters. The van der Waals surface area contributed by atoms with Crippen LogP contribution in [0.2, 0.25) is 0 Å². The standard InChI is InChI=1S/C13H17FN2O2S/c1-2-15-13(18)9-16-12(17)7-8-19-11-6-4-3-5-10(11)14/h3-6H,2,7-9H2,1H3,(H,15,18)(H,16,17). The van der Waals surface area contributed by atoms with E-state index in [2.05, 4.69) is 10.6 Å². The van der Waals surface area contributed by atoms with E-state index >= 15 is 0 Å². The SMILES string of the molecule is CCNC(=O)CNC(=O)CCSc1ccccc1F. The van der Waals surface area contributed by atoms with Crippen molar-refractivity contribution < 1.29 is 14.0 Å². The highest BCUT2D eigenvalue weighted by atomic mass is 32.2. The van der Waals surface area contributed by atoms with E-state index in [4.69, 9.17) is 0 Å². The summed E-state index contributed by atoms with van der Waals surface area (Å²) in [6, 6.07) is 6.43. The zero-order valence-corrected chi connectivity index (χ0v) is 11.6. The molecule has 0 saturated heterocycles. The van der Waals surface area contributed by atoms with Crippen molar-refractivity contribution in [3.8, 4) is 0 Å². The number of hydrogen-bond donors (Lipinski definition) is 2. The van der Waals surface area contributed by atoms with Gasteiger partial charge in [-0.25, -0.2) is 4.39 Å². The Morgan fingerprint density at radius 1 is 1.21 bits per heavy atom. The molecular weight excluding hydrogens is 267 g/mol. The molecule has 19 heavy (non-hydrogen) atoms. The normalized spacial score (nSPS) is 10.0. The van der Waals surface area contributed by atoms with E-state index in [0.717, 1.165) is 0 Å². The van der Waals surface area contributed by atoms with Crippen molar-refractivity contribution in [2.24, 2.45) is 0 Å². The number of likely N-dealkylation sites (N-methyl/N-ethyl adjacent to an activating group) is 1. The number of hydrogen-bond acceptors (Lipinski definition) is 3. The van der Waals surface area contributed by atoms with Crippen LogP contribution < -0.4 is 10.6 Å². The Bertz CT molecular complexity index is 440. The molecule has 0 heterocycles. The van der Waals surface area contributed by atoms with Crippen LogP contribution in [0.15, 0.2) is 29.2 Å².